The van der Waals surface area contributed by atoms with Crippen LogP contribution in [0.5, 0.6) is 0 Å². The Morgan fingerprint density at radius 2 is 1.57 bits per heavy atom. The Kier molecular flexibility index (Phi) is 11.8. The zero-order valence-electron chi connectivity index (χ0n) is 25.6. The fourth-order valence-electron chi connectivity index (χ4n) is 7.92. The van der Waals surface area contributed by atoms with Crippen LogP contribution in [0.2, 0.25) is 0 Å². The summed E-state index contributed by atoms with van der Waals surface area (Å²) in [5.74, 6) is -3.50. The topological polar surface area (TPSA) is 169 Å². The van der Waals surface area contributed by atoms with Crippen molar-refractivity contribution >= 4 is 23.5 Å². The molecule has 4 rings (SSSR count). The first kappa shape index (κ1) is 35.8. The van der Waals surface area contributed by atoms with Crippen molar-refractivity contribution in [1.82, 2.24) is 0 Å². The number of aliphatic hydroxyl groups is 3. The number of hydrogen-bond donors (Lipinski definition) is 5. The number of alkyl halides is 1. The first-order chi connectivity index (χ1) is 19.5. The molecule has 0 aliphatic heterocycles. The predicted octanol–water partition coefficient (Wildman–Crippen LogP) is 4.42. The van der Waals surface area contributed by atoms with E-state index in [9.17, 15) is 34.5 Å². The number of rotatable bonds is 8. The molecule has 5 N–H and O–H groups in total. The van der Waals surface area contributed by atoms with Crippen molar-refractivity contribution in [2.45, 2.75) is 116 Å². The number of aliphatic hydroxyl groups excluding tert-OH is 2. The number of Topliss-reactive ketones (excluding diaryl/α,β-unsaturated/α-hetero) is 1. The Balaban J connectivity index is 0.000000367. The van der Waals surface area contributed by atoms with Gasteiger partial charge in [0.05, 0.1) is 6.10 Å². The summed E-state index contributed by atoms with van der Waals surface area (Å²) in [5.41, 5.74) is -5.17. The van der Waals surface area contributed by atoms with Gasteiger partial charge in [-0.3, -0.25) is 19.2 Å². The van der Waals surface area contributed by atoms with E-state index in [0.29, 0.717) is 37.7 Å². The molecule has 9 nitrogen and oxygen atoms in total. The van der Waals surface area contributed by atoms with Gasteiger partial charge in [0.2, 0.25) is 0 Å². The van der Waals surface area contributed by atoms with Gasteiger partial charge in [-0.2, -0.15) is 0 Å². The average molecular weight is 597 g/mol. The van der Waals surface area contributed by atoms with Crippen molar-refractivity contribution in [3.63, 3.8) is 0 Å². The number of hydrogen-bond acceptors (Lipinski definition) is 7. The lowest BCUT2D eigenvalue weighted by atomic mass is 9.44. The molecule has 0 heterocycles. The number of ketones is 2. The maximum Gasteiger partial charge on any atom is 0.303 e. The maximum atomic E-state index is 16.9. The minimum absolute atomic E-state index is 0.0676. The number of aliphatic carboxylic acids is 2. The molecule has 0 aromatic heterocycles. The van der Waals surface area contributed by atoms with Crippen molar-refractivity contribution in [2.24, 2.45) is 28.6 Å². The van der Waals surface area contributed by atoms with Crippen LogP contribution in [0, 0.1) is 28.6 Å². The largest absolute Gasteiger partial charge is 0.481 e. The number of carbonyl (C=O) groups is 4. The van der Waals surface area contributed by atoms with E-state index in [0.717, 1.165) is 25.7 Å². The maximum absolute atomic E-state index is 16.9. The summed E-state index contributed by atoms with van der Waals surface area (Å²) >= 11 is 0. The van der Waals surface area contributed by atoms with Crippen molar-refractivity contribution in [1.29, 1.82) is 0 Å². The van der Waals surface area contributed by atoms with Crippen molar-refractivity contribution < 1.29 is 49.1 Å². The number of unbranched alkanes of at least 4 members (excludes halogenated alkanes) is 2. The second-order valence-corrected chi connectivity index (χ2v) is 12.7. The molecule has 4 aliphatic carbocycles. The Morgan fingerprint density at radius 3 is 2.02 bits per heavy atom. The molecule has 0 saturated heterocycles. The highest BCUT2D eigenvalue weighted by atomic mass is 19.1. The second kappa shape index (κ2) is 13.9. The van der Waals surface area contributed by atoms with Crippen LogP contribution in [0.4, 0.5) is 4.39 Å². The average Bonchev–Trinajstić information content (AvgIpc) is 3.13. The molecule has 8 atom stereocenters. The van der Waals surface area contributed by atoms with E-state index >= 15 is 4.39 Å². The number of allylic oxidation sites excluding steroid dienone is 4. The highest BCUT2D eigenvalue weighted by molar-refractivity contribution is 6.01. The van der Waals surface area contributed by atoms with Crippen LogP contribution >= 0.6 is 0 Å². The quantitative estimate of drug-likeness (QED) is 0.272. The van der Waals surface area contributed by atoms with E-state index in [-0.39, 0.29) is 18.1 Å². The smallest absolute Gasteiger partial charge is 0.303 e. The molecule has 0 bridgehead atoms. The van der Waals surface area contributed by atoms with Gasteiger partial charge in [0.1, 0.15) is 12.2 Å². The molecule has 42 heavy (non-hydrogen) atoms. The molecule has 238 valence electrons. The van der Waals surface area contributed by atoms with Gasteiger partial charge in [0.25, 0.3) is 0 Å². The van der Waals surface area contributed by atoms with E-state index in [1.807, 2.05) is 13.8 Å². The summed E-state index contributed by atoms with van der Waals surface area (Å²) in [6.45, 7) is 8.43. The molecule has 3 fully saturated rings. The molecule has 0 unspecified atom stereocenters. The number of carboxylic acids is 2. The fourth-order valence-corrected chi connectivity index (χ4v) is 7.92. The van der Waals surface area contributed by atoms with E-state index in [4.69, 9.17) is 10.2 Å². The summed E-state index contributed by atoms with van der Waals surface area (Å²) in [6.07, 6.45) is 8.60. The minimum atomic E-state index is -1.98. The third-order valence-electron chi connectivity index (χ3n) is 10.3. The van der Waals surface area contributed by atoms with Gasteiger partial charge >= 0.3 is 11.9 Å². The van der Waals surface area contributed by atoms with E-state index in [1.165, 1.54) is 12.2 Å². The standard InChI is InChI=1S/C22H29FO5.2C5H10O2/c1-12-8-16-15-5-4-13-9-14(25)6-7-19(13,2)21(15,23)17(26)10-20(16,3)22(12,28)18(27)11-24;2*1-2-3-4-5(6)7/h6-7,9,12,15-17,24,26,28H,4-5,8,10-11H2,1-3H3;2*2-4H2,1H3,(H,6,7)/t12-,15-,16-,17-,19-,20-,21-,22-;;/m0../s1. The van der Waals surface area contributed by atoms with Gasteiger partial charge in [-0.05, 0) is 69.4 Å². The van der Waals surface area contributed by atoms with Crippen LogP contribution in [-0.4, -0.2) is 73.0 Å². The Labute approximate surface area is 247 Å². The van der Waals surface area contributed by atoms with Gasteiger partial charge in [0.15, 0.2) is 17.2 Å². The van der Waals surface area contributed by atoms with Crippen LogP contribution in [0.25, 0.3) is 0 Å². The highest BCUT2D eigenvalue weighted by Crippen LogP contribution is 2.70. The number of carboxylic acid groups (broad SMARTS) is 2. The Hall–Kier alpha value is -2.43. The monoisotopic (exact) mass is 596 g/mol. The zero-order chi connectivity index (χ0) is 32.1. The van der Waals surface area contributed by atoms with Gasteiger partial charge in [-0.1, -0.05) is 52.2 Å². The van der Waals surface area contributed by atoms with Crippen molar-refractivity contribution in [3.8, 4) is 0 Å². The summed E-state index contributed by atoms with van der Waals surface area (Å²) in [5, 5.41) is 48.1. The number of fused-ring (bicyclic) bond motifs is 5. The summed E-state index contributed by atoms with van der Waals surface area (Å²) in [7, 11) is 0. The SMILES string of the molecule is CCCCC(=O)O.CCCCC(=O)O.C[C@H]1C[C@H]2[C@@H]3CCC4=CC(=O)C=C[C@]4(C)[C@@]3(F)[C@@H](O)C[C@]2(C)[C@@]1(O)C(=O)CO. The normalized spacial score (nSPS) is 37.9. The predicted molar refractivity (Wildman–Crippen MR) is 154 cm³/mol. The second-order valence-electron chi connectivity index (χ2n) is 12.7. The lowest BCUT2D eigenvalue weighted by Crippen LogP contribution is -2.69. The molecule has 10 heteroatoms. The molecule has 0 radical (unpaired) electrons. The van der Waals surface area contributed by atoms with Crippen LogP contribution in [0.1, 0.15) is 98.8 Å². The van der Waals surface area contributed by atoms with Gasteiger partial charge in [-0.25, -0.2) is 4.39 Å². The Morgan fingerprint density at radius 1 is 1.02 bits per heavy atom. The number of halogens is 1. The van der Waals surface area contributed by atoms with Crippen molar-refractivity contribution in [3.05, 3.63) is 23.8 Å². The zero-order valence-corrected chi connectivity index (χ0v) is 25.6. The summed E-state index contributed by atoms with van der Waals surface area (Å²) in [4.78, 5) is 43.9. The molecule has 0 aromatic rings. The van der Waals surface area contributed by atoms with E-state index < -0.39 is 64.4 Å². The van der Waals surface area contributed by atoms with Gasteiger partial charge < -0.3 is 25.5 Å². The van der Waals surface area contributed by atoms with Crippen molar-refractivity contribution in [2.75, 3.05) is 6.61 Å². The molecule has 3 saturated carbocycles. The van der Waals surface area contributed by atoms with Crippen LogP contribution in [0.3, 0.4) is 0 Å². The molecular formula is C32H49FO9. The third-order valence-corrected chi connectivity index (χ3v) is 10.3. The van der Waals surface area contributed by atoms with Crippen LogP contribution in [-0.2, 0) is 19.2 Å². The summed E-state index contributed by atoms with van der Waals surface area (Å²) in [6, 6.07) is 0. The molecule has 0 spiro atoms. The fraction of sp³-hybridized carbons (Fsp3) is 0.750. The highest BCUT2D eigenvalue weighted by Gasteiger charge is 2.75. The lowest BCUT2D eigenvalue weighted by Gasteiger charge is -2.62. The molecular weight excluding hydrogens is 547 g/mol. The minimum Gasteiger partial charge on any atom is -0.481 e. The molecule has 0 amide bonds. The van der Waals surface area contributed by atoms with Gasteiger partial charge in [0, 0.05) is 29.6 Å². The lowest BCUT2D eigenvalue weighted by molar-refractivity contribution is -0.219. The Bertz CT molecular complexity index is 1070. The molecule has 4 aliphatic rings. The molecule has 0 aromatic carbocycles. The summed E-state index contributed by atoms with van der Waals surface area (Å²) < 4.78 is 16.9. The van der Waals surface area contributed by atoms with E-state index in [2.05, 4.69) is 0 Å². The first-order valence-electron chi connectivity index (χ1n) is 15.1. The number of carbonyl (C=O) groups excluding carboxylic acids is 2. The van der Waals surface area contributed by atoms with Gasteiger partial charge in [-0.15, -0.1) is 0 Å². The van der Waals surface area contributed by atoms with Crippen LogP contribution in [0.15, 0.2) is 23.8 Å². The van der Waals surface area contributed by atoms with E-state index in [1.54, 1.807) is 26.8 Å². The van der Waals surface area contributed by atoms with Crippen LogP contribution < -0.4 is 0 Å². The third kappa shape index (κ3) is 6.26. The first-order valence-corrected chi connectivity index (χ1v) is 15.1.